The fourth-order valence-corrected chi connectivity index (χ4v) is 4.49. The van der Waals surface area contributed by atoms with Crippen LogP contribution in [0.4, 0.5) is 16.0 Å². The summed E-state index contributed by atoms with van der Waals surface area (Å²) in [5.74, 6) is 1.35. The van der Waals surface area contributed by atoms with Gasteiger partial charge in [0.05, 0.1) is 11.6 Å². The van der Waals surface area contributed by atoms with E-state index in [2.05, 4.69) is 24.9 Å². The van der Waals surface area contributed by atoms with Gasteiger partial charge in [0.15, 0.2) is 11.6 Å². The van der Waals surface area contributed by atoms with Crippen molar-refractivity contribution in [2.24, 2.45) is 0 Å². The summed E-state index contributed by atoms with van der Waals surface area (Å²) < 4.78 is 13.3. The summed E-state index contributed by atoms with van der Waals surface area (Å²) in [6, 6.07) is 8.60. The van der Waals surface area contributed by atoms with Crippen LogP contribution in [0, 0.1) is 5.82 Å². The van der Waals surface area contributed by atoms with Crippen LogP contribution in [0.2, 0.25) is 5.02 Å². The van der Waals surface area contributed by atoms with E-state index in [0.717, 1.165) is 43.4 Å². The molecule has 2 aliphatic rings. The number of aromatic nitrogens is 2. The van der Waals surface area contributed by atoms with E-state index < -0.39 is 5.82 Å². The molecule has 0 aliphatic carbocycles. The van der Waals surface area contributed by atoms with Gasteiger partial charge in [-0.05, 0) is 36.2 Å². The molecule has 10 heteroatoms. The highest BCUT2D eigenvalue weighted by Crippen LogP contribution is 2.20. The highest BCUT2D eigenvalue weighted by molar-refractivity contribution is 6.30. The van der Waals surface area contributed by atoms with Crippen LogP contribution in [0.1, 0.15) is 12.0 Å². The van der Waals surface area contributed by atoms with E-state index in [1.165, 1.54) is 6.07 Å². The van der Waals surface area contributed by atoms with E-state index in [-0.39, 0.29) is 17.5 Å². The Balaban J connectivity index is 1.23. The first-order valence-corrected chi connectivity index (χ1v) is 11.8. The molecule has 0 unspecified atom stereocenters. The Kier molecular flexibility index (Phi) is 7.95. The maximum Gasteiger partial charge on any atom is 0.223 e. The average molecular weight is 477 g/mol. The van der Waals surface area contributed by atoms with Gasteiger partial charge in [0.25, 0.3) is 0 Å². The highest BCUT2D eigenvalue weighted by atomic mass is 35.5. The van der Waals surface area contributed by atoms with Crippen molar-refractivity contribution in [2.45, 2.75) is 12.8 Å². The zero-order chi connectivity index (χ0) is 23.2. The summed E-state index contributed by atoms with van der Waals surface area (Å²) in [6.07, 6.45) is 0.919. The number of halogens is 2. The quantitative estimate of drug-likeness (QED) is 0.651. The van der Waals surface area contributed by atoms with Crippen LogP contribution in [0.5, 0.6) is 0 Å². The lowest BCUT2D eigenvalue weighted by Crippen LogP contribution is -2.49. The Labute approximate surface area is 198 Å². The molecule has 33 heavy (non-hydrogen) atoms. The van der Waals surface area contributed by atoms with Gasteiger partial charge in [0.2, 0.25) is 5.91 Å². The number of carbonyl (C=O) groups is 1. The van der Waals surface area contributed by atoms with E-state index in [1.54, 1.807) is 12.1 Å². The van der Waals surface area contributed by atoms with Crippen LogP contribution in [0.15, 0.2) is 30.3 Å². The van der Waals surface area contributed by atoms with Crippen molar-refractivity contribution in [1.82, 2.24) is 20.0 Å². The molecule has 0 radical (unpaired) electrons. The van der Waals surface area contributed by atoms with Gasteiger partial charge in [-0.2, -0.15) is 0 Å². The molecule has 4 rings (SSSR count). The summed E-state index contributed by atoms with van der Waals surface area (Å²) >= 11 is 5.82. The Morgan fingerprint density at radius 3 is 2.09 bits per heavy atom. The molecule has 3 heterocycles. The number of rotatable bonds is 7. The third-order valence-electron chi connectivity index (χ3n) is 6.32. The number of hydrogen-bond acceptors (Lipinski definition) is 7. The number of aliphatic hydroxyl groups is 1. The fraction of sp³-hybridized carbons (Fsp3) is 0.522. The molecular weight excluding hydrogens is 447 g/mol. The van der Waals surface area contributed by atoms with Crippen LogP contribution in [-0.2, 0) is 11.2 Å². The molecule has 0 bridgehead atoms. The van der Waals surface area contributed by atoms with E-state index in [9.17, 15) is 9.18 Å². The lowest BCUT2D eigenvalue weighted by Gasteiger charge is -2.36. The first kappa shape index (κ1) is 23.7. The van der Waals surface area contributed by atoms with Gasteiger partial charge in [-0.3, -0.25) is 9.69 Å². The number of β-amino-alcohol motifs (C(OH)–C–C–N with tert-alkyl or cyclic N) is 1. The van der Waals surface area contributed by atoms with Crippen LogP contribution in [0.3, 0.4) is 0 Å². The third kappa shape index (κ3) is 6.10. The maximum absolute atomic E-state index is 13.3. The van der Waals surface area contributed by atoms with Gasteiger partial charge < -0.3 is 19.8 Å². The van der Waals surface area contributed by atoms with Crippen molar-refractivity contribution in [2.75, 3.05) is 75.3 Å². The number of amides is 1. The molecule has 1 amide bonds. The zero-order valence-electron chi connectivity index (χ0n) is 18.7. The number of piperazine rings is 2. The first-order valence-electron chi connectivity index (χ1n) is 11.4. The van der Waals surface area contributed by atoms with Crippen molar-refractivity contribution in [3.05, 3.63) is 46.7 Å². The zero-order valence-corrected chi connectivity index (χ0v) is 19.4. The van der Waals surface area contributed by atoms with Crippen molar-refractivity contribution in [1.29, 1.82) is 0 Å². The Morgan fingerprint density at radius 2 is 1.55 bits per heavy atom. The lowest BCUT2D eigenvalue weighted by atomic mass is 10.1. The van der Waals surface area contributed by atoms with E-state index >= 15 is 0 Å². The smallest absolute Gasteiger partial charge is 0.223 e. The molecule has 1 aromatic heterocycles. The Hall–Kier alpha value is -2.49. The number of carbonyl (C=O) groups excluding carboxylic acids is 1. The molecule has 0 spiro atoms. The average Bonchev–Trinajstić information content (AvgIpc) is 2.85. The second-order valence-corrected chi connectivity index (χ2v) is 8.83. The second-order valence-electron chi connectivity index (χ2n) is 8.42. The summed E-state index contributed by atoms with van der Waals surface area (Å²) in [4.78, 5) is 21.1. The summed E-state index contributed by atoms with van der Waals surface area (Å²) in [6.45, 7) is 7.17. The molecular formula is C23H30ClFN6O2. The maximum atomic E-state index is 13.3. The van der Waals surface area contributed by atoms with Crippen molar-refractivity contribution in [3.8, 4) is 0 Å². The van der Waals surface area contributed by atoms with Gasteiger partial charge in [0.1, 0.15) is 5.82 Å². The lowest BCUT2D eigenvalue weighted by molar-refractivity contribution is -0.131. The molecule has 178 valence electrons. The monoisotopic (exact) mass is 476 g/mol. The van der Waals surface area contributed by atoms with Gasteiger partial charge in [-0.25, -0.2) is 4.39 Å². The molecule has 2 fully saturated rings. The Morgan fingerprint density at radius 1 is 0.939 bits per heavy atom. The summed E-state index contributed by atoms with van der Waals surface area (Å²) in [5.41, 5.74) is 0.860. The topological polar surface area (TPSA) is 76.0 Å². The van der Waals surface area contributed by atoms with Crippen LogP contribution in [-0.4, -0.2) is 96.5 Å². The predicted octanol–water partition coefficient (Wildman–Crippen LogP) is 1.66. The highest BCUT2D eigenvalue weighted by Gasteiger charge is 2.23. The van der Waals surface area contributed by atoms with Gasteiger partial charge >= 0.3 is 0 Å². The standard InChI is InChI=1S/C23H30ClFN6O2/c24-19-17-18(1-3-20(19)25)2-6-23(33)31-13-11-30(12-14-31)22-5-4-21(26-27-22)29-9-7-28(8-10-29)15-16-32/h1,3-5,17,32H,2,6-16H2. The van der Waals surface area contributed by atoms with Crippen molar-refractivity contribution in [3.63, 3.8) is 0 Å². The molecule has 2 saturated heterocycles. The normalized spacial score (nSPS) is 17.5. The number of hydrogen-bond donors (Lipinski definition) is 1. The van der Waals surface area contributed by atoms with E-state index in [0.29, 0.717) is 45.6 Å². The minimum atomic E-state index is -0.445. The largest absolute Gasteiger partial charge is 0.395 e. The number of anilines is 2. The second kappa shape index (κ2) is 11.1. The fourth-order valence-electron chi connectivity index (χ4n) is 4.29. The molecule has 2 aliphatic heterocycles. The van der Waals surface area contributed by atoms with Crippen molar-refractivity contribution >= 4 is 29.1 Å². The molecule has 1 aromatic carbocycles. The predicted molar refractivity (Wildman–Crippen MR) is 126 cm³/mol. The van der Waals surface area contributed by atoms with E-state index in [1.807, 2.05) is 17.0 Å². The number of benzene rings is 1. The summed E-state index contributed by atoms with van der Waals surface area (Å²) in [5, 5.41) is 18.0. The molecule has 1 N–H and O–H groups in total. The number of aliphatic hydroxyl groups excluding tert-OH is 1. The first-order chi connectivity index (χ1) is 16.0. The molecule has 0 atom stereocenters. The van der Waals surface area contributed by atoms with Gasteiger partial charge in [-0.1, -0.05) is 17.7 Å². The minimum absolute atomic E-state index is 0.0876. The SMILES string of the molecule is O=C(CCc1ccc(F)c(Cl)c1)N1CCN(c2ccc(N3CCN(CCO)CC3)nn2)CC1. The van der Waals surface area contributed by atoms with Gasteiger partial charge in [0, 0.05) is 65.3 Å². The van der Waals surface area contributed by atoms with Crippen LogP contribution < -0.4 is 9.80 Å². The number of nitrogens with zero attached hydrogens (tertiary/aromatic N) is 6. The number of aryl methyl sites for hydroxylation is 1. The third-order valence-corrected chi connectivity index (χ3v) is 6.61. The summed E-state index contributed by atoms with van der Waals surface area (Å²) in [7, 11) is 0. The molecule has 2 aromatic rings. The van der Waals surface area contributed by atoms with E-state index in [4.69, 9.17) is 16.7 Å². The van der Waals surface area contributed by atoms with Crippen LogP contribution in [0.25, 0.3) is 0 Å². The molecule has 0 saturated carbocycles. The van der Waals surface area contributed by atoms with Gasteiger partial charge in [-0.15, -0.1) is 10.2 Å². The minimum Gasteiger partial charge on any atom is -0.395 e. The van der Waals surface area contributed by atoms with Crippen LogP contribution >= 0.6 is 11.6 Å². The molecule has 8 nitrogen and oxygen atoms in total. The van der Waals surface area contributed by atoms with Crippen molar-refractivity contribution < 1.29 is 14.3 Å². The Bertz CT molecular complexity index is 931.